The van der Waals surface area contributed by atoms with Gasteiger partial charge in [0.2, 0.25) is 0 Å². The molecule has 0 bridgehead atoms. The van der Waals surface area contributed by atoms with E-state index in [9.17, 15) is 0 Å². The molecule has 1 aliphatic carbocycles. The van der Waals surface area contributed by atoms with E-state index in [1.54, 1.807) is 7.11 Å². The number of thiocarbonyl (C=S) groups is 1. The summed E-state index contributed by atoms with van der Waals surface area (Å²) in [6.07, 6.45) is 3.58. The Hall–Kier alpha value is -1.20. The van der Waals surface area contributed by atoms with Gasteiger partial charge in [-0.05, 0) is 43.7 Å². The summed E-state index contributed by atoms with van der Waals surface area (Å²) in [4.78, 5) is 4.88. The van der Waals surface area contributed by atoms with E-state index in [0.29, 0.717) is 10.4 Å². The number of aryl methyl sites for hydroxylation is 1. The van der Waals surface area contributed by atoms with Crippen molar-refractivity contribution in [2.24, 2.45) is 11.1 Å². The van der Waals surface area contributed by atoms with E-state index in [0.717, 1.165) is 36.6 Å². The first kappa shape index (κ1) is 14.2. The first-order valence-electron chi connectivity index (χ1n) is 6.57. The van der Waals surface area contributed by atoms with Crippen LogP contribution in [0.5, 0.6) is 0 Å². The molecule has 5 heteroatoms. The molecule has 0 atom stereocenters. The van der Waals surface area contributed by atoms with Gasteiger partial charge >= 0.3 is 0 Å². The molecule has 4 nitrogen and oxygen atoms in total. The molecule has 1 aromatic heterocycles. The number of rotatable bonds is 7. The number of aromatic nitrogens is 1. The van der Waals surface area contributed by atoms with Gasteiger partial charge in [0, 0.05) is 26.0 Å². The fourth-order valence-electron chi connectivity index (χ4n) is 2.17. The summed E-state index contributed by atoms with van der Waals surface area (Å²) >= 11 is 5.06. The highest BCUT2D eigenvalue weighted by Crippen LogP contribution is 2.48. The second-order valence-electron chi connectivity index (χ2n) is 5.31. The molecule has 0 spiro atoms. The van der Waals surface area contributed by atoms with Gasteiger partial charge in [0.25, 0.3) is 0 Å². The molecule has 1 fully saturated rings. The zero-order valence-corrected chi connectivity index (χ0v) is 12.3. The molecule has 1 saturated carbocycles. The minimum atomic E-state index is 0.370. The monoisotopic (exact) mass is 279 g/mol. The first-order chi connectivity index (χ1) is 9.06. The van der Waals surface area contributed by atoms with Crippen molar-refractivity contribution < 1.29 is 4.74 Å². The molecule has 0 aliphatic heterocycles. The molecule has 0 aromatic carbocycles. The minimum Gasteiger partial charge on any atom is -0.389 e. The van der Waals surface area contributed by atoms with E-state index in [-0.39, 0.29) is 0 Å². The van der Waals surface area contributed by atoms with Gasteiger partial charge in [0.1, 0.15) is 10.8 Å². The van der Waals surface area contributed by atoms with Crippen LogP contribution in [0, 0.1) is 12.3 Å². The van der Waals surface area contributed by atoms with Gasteiger partial charge in [0.05, 0.1) is 5.56 Å². The number of nitrogens with zero attached hydrogens (tertiary/aromatic N) is 1. The van der Waals surface area contributed by atoms with Gasteiger partial charge in [-0.2, -0.15) is 0 Å². The van der Waals surface area contributed by atoms with Gasteiger partial charge < -0.3 is 15.8 Å². The normalized spacial score (nSPS) is 16.1. The quantitative estimate of drug-likeness (QED) is 0.750. The van der Waals surface area contributed by atoms with Crippen LogP contribution in [0.2, 0.25) is 0 Å². The van der Waals surface area contributed by atoms with Gasteiger partial charge in [-0.15, -0.1) is 0 Å². The van der Waals surface area contributed by atoms with Crippen molar-refractivity contribution in [1.29, 1.82) is 0 Å². The van der Waals surface area contributed by atoms with Crippen LogP contribution < -0.4 is 11.1 Å². The second kappa shape index (κ2) is 5.84. The van der Waals surface area contributed by atoms with E-state index in [1.807, 2.05) is 19.1 Å². The van der Waals surface area contributed by atoms with E-state index >= 15 is 0 Å². The molecule has 3 N–H and O–H groups in total. The SMILES string of the molecule is COCCC1(CNc2nc(C)ccc2C(N)=S)CC1. The Balaban J connectivity index is 2.03. The van der Waals surface area contributed by atoms with E-state index in [4.69, 9.17) is 22.7 Å². The fraction of sp³-hybridized carbons (Fsp3) is 0.571. The van der Waals surface area contributed by atoms with Crippen molar-refractivity contribution in [2.75, 3.05) is 25.6 Å². The maximum Gasteiger partial charge on any atom is 0.136 e. The molecule has 1 aromatic rings. The Labute approximate surface area is 119 Å². The summed E-state index contributed by atoms with van der Waals surface area (Å²) < 4.78 is 5.17. The number of nitrogens with one attached hydrogen (secondary N) is 1. The summed E-state index contributed by atoms with van der Waals surface area (Å²) in [5.41, 5.74) is 7.89. The first-order valence-corrected chi connectivity index (χ1v) is 6.97. The van der Waals surface area contributed by atoms with Crippen molar-refractivity contribution in [3.05, 3.63) is 23.4 Å². The molecular formula is C14H21N3OS. The zero-order chi connectivity index (χ0) is 13.9. The Morgan fingerprint density at radius 3 is 2.84 bits per heavy atom. The Morgan fingerprint density at radius 2 is 2.26 bits per heavy atom. The number of methoxy groups -OCH3 is 1. The van der Waals surface area contributed by atoms with E-state index in [2.05, 4.69) is 10.3 Å². The molecule has 0 amide bonds. The maximum atomic E-state index is 5.73. The molecule has 0 saturated heterocycles. The van der Waals surface area contributed by atoms with Crippen molar-refractivity contribution in [2.45, 2.75) is 26.2 Å². The number of ether oxygens (including phenoxy) is 1. The Kier molecular flexibility index (Phi) is 4.37. The van der Waals surface area contributed by atoms with Crippen molar-refractivity contribution in [3.63, 3.8) is 0 Å². The topological polar surface area (TPSA) is 60.2 Å². The lowest BCUT2D eigenvalue weighted by Crippen LogP contribution is -2.21. The second-order valence-corrected chi connectivity index (χ2v) is 5.75. The summed E-state index contributed by atoms with van der Waals surface area (Å²) in [7, 11) is 1.75. The number of hydrogen-bond donors (Lipinski definition) is 2. The maximum absolute atomic E-state index is 5.73. The number of pyridine rings is 1. The standard InChI is InChI=1S/C14H21N3OS/c1-10-3-4-11(12(15)19)13(17-10)16-9-14(5-6-14)7-8-18-2/h3-4H,5-9H2,1-2H3,(H2,15,19)(H,16,17). The molecule has 1 aliphatic rings. The lowest BCUT2D eigenvalue weighted by atomic mass is 10.0. The minimum absolute atomic E-state index is 0.370. The molecule has 0 radical (unpaired) electrons. The predicted molar refractivity (Wildman–Crippen MR) is 81.5 cm³/mol. The zero-order valence-electron chi connectivity index (χ0n) is 11.5. The highest BCUT2D eigenvalue weighted by atomic mass is 32.1. The average Bonchev–Trinajstić information content (AvgIpc) is 3.14. The third-order valence-corrected chi connectivity index (χ3v) is 3.94. The Bertz CT molecular complexity index is 472. The third kappa shape index (κ3) is 3.64. The molecule has 2 rings (SSSR count). The van der Waals surface area contributed by atoms with Crippen molar-refractivity contribution >= 4 is 23.0 Å². The van der Waals surface area contributed by atoms with Crippen LogP contribution in [0.1, 0.15) is 30.5 Å². The lowest BCUT2D eigenvalue weighted by molar-refractivity contribution is 0.175. The fourth-order valence-corrected chi connectivity index (χ4v) is 2.34. The van der Waals surface area contributed by atoms with Crippen molar-refractivity contribution in [3.8, 4) is 0 Å². The average molecular weight is 279 g/mol. The summed E-state index contributed by atoms with van der Waals surface area (Å²) in [5, 5.41) is 3.41. The van der Waals surface area contributed by atoms with E-state index < -0.39 is 0 Å². The third-order valence-electron chi connectivity index (χ3n) is 3.72. The molecule has 1 heterocycles. The van der Waals surface area contributed by atoms with Crippen LogP contribution in [0.4, 0.5) is 5.82 Å². The number of hydrogen-bond acceptors (Lipinski definition) is 4. The highest BCUT2D eigenvalue weighted by molar-refractivity contribution is 7.80. The summed E-state index contributed by atoms with van der Waals surface area (Å²) in [6.45, 7) is 3.68. The van der Waals surface area contributed by atoms with Crippen LogP contribution in [0.3, 0.4) is 0 Å². The summed E-state index contributed by atoms with van der Waals surface area (Å²) in [6, 6.07) is 3.86. The van der Waals surface area contributed by atoms with E-state index in [1.165, 1.54) is 12.8 Å². The largest absolute Gasteiger partial charge is 0.389 e. The summed E-state index contributed by atoms with van der Waals surface area (Å²) in [5.74, 6) is 0.802. The van der Waals surface area contributed by atoms with Crippen LogP contribution >= 0.6 is 12.2 Å². The smallest absolute Gasteiger partial charge is 0.136 e. The molecule has 19 heavy (non-hydrogen) atoms. The Morgan fingerprint density at radius 1 is 1.53 bits per heavy atom. The molecule has 104 valence electrons. The van der Waals surface area contributed by atoms with Crippen LogP contribution in [0.15, 0.2) is 12.1 Å². The number of nitrogens with two attached hydrogens (primary N) is 1. The number of anilines is 1. The molecular weight excluding hydrogens is 258 g/mol. The predicted octanol–water partition coefficient (Wildman–Crippen LogP) is 2.25. The van der Waals surface area contributed by atoms with Gasteiger partial charge in [-0.25, -0.2) is 4.98 Å². The molecule has 0 unspecified atom stereocenters. The highest BCUT2D eigenvalue weighted by Gasteiger charge is 2.41. The van der Waals surface area contributed by atoms with Gasteiger partial charge in [-0.3, -0.25) is 0 Å². The van der Waals surface area contributed by atoms with Crippen LogP contribution in [-0.4, -0.2) is 30.2 Å². The lowest BCUT2D eigenvalue weighted by Gasteiger charge is -2.17. The van der Waals surface area contributed by atoms with Crippen LogP contribution in [0.25, 0.3) is 0 Å². The van der Waals surface area contributed by atoms with Crippen molar-refractivity contribution in [1.82, 2.24) is 4.98 Å². The van der Waals surface area contributed by atoms with Gasteiger partial charge in [-0.1, -0.05) is 12.2 Å². The van der Waals surface area contributed by atoms with Gasteiger partial charge in [0.15, 0.2) is 0 Å². The van der Waals surface area contributed by atoms with Crippen LogP contribution in [-0.2, 0) is 4.74 Å².